The highest BCUT2D eigenvalue weighted by Gasteiger charge is 2.13. The van der Waals surface area contributed by atoms with Crippen LogP contribution in [0.2, 0.25) is 5.02 Å². The number of rotatable bonds is 5. The quantitative estimate of drug-likeness (QED) is 0.725. The lowest BCUT2D eigenvalue weighted by molar-refractivity contribution is 0.102. The summed E-state index contributed by atoms with van der Waals surface area (Å²) in [4.78, 5) is 12.2. The first kappa shape index (κ1) is 17.2. The molecule has 0 unspecified atom stereocenters. The summed E-state index contributed by atoms with van der Waals surface area (Å²) in [5.41, 5.74) is 1.27. The van der Waals surface area contributed by atoms with E-state index in [1.54, 1.807) is 44.6 Å². The van der Waals surface area contributed by atoms with Crippen molar-refractivity contribution in [3.63, 3.8) is 0 Å². The van der Waals surface area contributed by atoms with Crippen LogP contribution in [0.1, 0.15) is 10.4 Å². The van der Waals surface area contributed by atoms with Gasteiger partial charge in [0.25, 0.3) is 5.91 Å². The van der Waals surface area contributed by atoms with Crippen LogP contribution in [0, 0.1) is 0 Å². The first-order chi connectivity index (χ1) is 12.1. The van der Waals surface area contributed by atoms with Gasteiger partial charge in [-0.2, -0.15) is 0 Å². The highest BCUT2D eigenvalue weighted by Crippen LogP contribution is 2.34. The molecule has 0 aliphatic rings. The Kier molecular flexibility index (Phi) is 5.16. The average molecular weight is 376 g/mol. The van der Waals surface area contributed by atoms with Crippen LogP contribution >= 0.6 is 22.9 Å². The van der Waals surface area contributed by atoms with Crippen molar-refractivity contribution < 1.29 is 14.3 Å². The Balaban J connectivity index is 1.79. The molecule has 0 atom stereocenters. The molecular weight excluding hydrogens is 362 g/mol. The van der Waals surface area contributed by atoms with Gasteiger partial charge in [0.1, 0.15) is 5.01 Å². The third-order valence-corrected chi connectivity index (χ3v) is 4.49. The number of hydrogen-bond acceptors (Lipinski definition) is 6. The van der Waals surface area contributed by atoms with Gasteiger partial charge in [0.15, 0.2) is 11.5 Å². The molecule has 1 heterocycles. The molecule has 0 radical (unpaired) electrons. The fourth-order valence-electron chi connectivity index (χ4n) is 2.16. The summed E-state index contributed by atoms with van der Waals surface area (Å²) in [6, 6.07) is 12.1. The molecule has 0 fully saturated rings. The fourth-order valence-corrected chi connectivity index (χ4v) is 3.08. The summed E-state index contributed by atoms with van der Waals surface area (Å²) in [6.07, 6.45) is 0. The Morgan fingerprint density at radius 3 is 2.60 bits per heavy atom. The number of hydrogen-bond donors (Lipinski definition) is 1. The second kappa shape index (κ2) is 7.50. The number of nitrogens with one attached hydrogen (secondary N) is 1. The Bertz CT molecular complexity index is 914. The van der Waals surface area contributed by atoms with Crippen LogP contribution in [-0.2, 0) is 0 Å². The highest BCUT2D eigenvalue weighted by atomic mass is 35.5. The number of nitrogens with zero attached hydrogens (tertiary/aromatic N) is 2. The highest BCUT2D eigenvalue weighted by molar-refractivity contribution is 7.18. The number of carbonyl (C=O) groups is 1. The number of benzene rings is 2. The van der Waals surface area contributed by atoms with Crippen molar-refractivity contribution in [1.29, 1.82) is 0 Å². The molecule has 3 aromatic rings. The first-order valence-electron chi connectivity index (χ1n) is 7.23. The average Bonchev–Trinajstić information content (AvgIpc) is 3.09. The van der Waals surface area contributed by atoms with E-state index in [9.17, 15) is 4.79 Å². The molecule has 0 saturated heterocycles. The number of ether oxygens (including phenoxy) is 2. The lowest BCUT2D eigenvalue weighted by atomic mass is 10.2. The molecule has 0 spiro atoms. The van der Waals surface area contributed by atoms with E-state index in [1.807, 2.05) is 12.1 Å². The zero-order valence-electron chi connectivity index (χ0n) is 13.4. The molecule has 0 aliphatic carbocycles. The van der Waals surface area contributed by atoms with Gasteiger partial charge >= 0.3 is 0 Å². The predicted octanol–water partition coefficient (Wildman–Crippen LogP) is 4.13. The topological polar surface area (TPSA) is 73.3 Å². The maximum absolute atomic E-state index is 12.2. The summed E-state index contributed by atoms with van der Waals surface area (Å²) < 4.78 is 10.5. The van der Waals surface area contributed by atoms with Crippen LogP contribution < -0.4 is 14.8 Å². The van der Waals surface area contributed by atoms with Gasteiger partial charge in [-0.1, -0.05) is 29.0 Å². The van der Waals surface area contributed by atoms with E-state index < -0.39 is 0 Å². The summed E-state index contributed by atoms with van der Waals surface area (Å²) in [7, 11) is 3.14. The predicted molar refractivity (Wildman–Crippen MR) is 97.9 cm³/mol. The van der Waals surface area contributed by atoms with Crippen LogP contribution in [-0.4, -0.2) is 30.3 Å². The van der Waals surface area contributed by atoms with Crippen molar-refractivity contribution in [2.24, 2.45) is 0 Å². The molecule has 6 nitrogen and oxygen atoms in total. The monoisotopic (exact) mass is 375 g/mol. The number of halogens is 1. The van der Waals surface area contributed by atoms with Crippen LogP contribution in [0.25, 0.3) is 10.6 Å². The molecule has 8 heteroatoms. The molecule has 3 rings (SSSR count). The van der Waals surface area contributed by atoms with Crippen molar-refractivity contribution in [3.8, 4) is 22.1 Å². The van der Waals surface area contributed by atoms with Crippen LogP contribution in [0.4, 0.5) is 5.13 Å². The zero-order valence-corrected chi connectivity index (χ0v) is 15.0. The number of amides is 1. The maximum atomic E-state index is 12.2. The van der Waals surface area contributed by atoms with Gasteiger partial charge in [-0.25, -0.2) is 0 Å². The van der Waals surface area contributed by atoms with Crippen LogP contribution in [0.15, 0.2) is 42.5 Å². The largest absolute Gasteiger partial charge is 0.493 e. The molecular formula is C17H14ClN3O3S. The Labute approximate surface area is 153 Å². The Morgan fingerprint density at radius 1 is 1.08 bits per heavy atom. The third kappa shape index (κ3) is 3.89. The van der Waals surface area contributed by atoms with E-state index in [-0.39, 0.29) is 5.91 Å². The molecule has 0 saturated carbocycles. The molecule has 25 heavy (non-hydrogen) atoms. The molecule has 2 aromatic carbocycles. The Hall–Kier alpha value is -2.64. The van der Waals surface area contributed by atoms with Crippen molar-refractivity contribution in [2.75, 3.05) is 19.5 Å². The standard InChI is InChI=1S/C17H14ClN3O3S/c1-23-13-7-6-11(9-14(13)24-2)16-20-21-17(25-16)19-15(22)10-4-3-5-12(18)8-10/h3-9H,1-2H3,(H,19,21,22). The molecule has 1 amide bonds. The number of carbonyl (C=O) groups excluding carboxylic acids is 1. The number of aromatic nitrogens is 2. The first-order valence-corrected chi connectivity index (χ1v) is 8.43. The smallest absolute Gasteiger partial charge is 0.257 e. The van der Waals surface area contributed by atoms with E-state index in [0.717, 1.165) is 5.56 Å². The number of methoxy groups -OCH3 is 2. The van der Waals surface area contributed by atoms with E-state index in [1.165, 1.54) is 11.3 Å². The molecule has 1 N–H and O–H groups in total. The minimum absolute atomic E-state index is 0.294. The number of anilines is 1. The van der Waals surface area contributed by atoms with Crippen LogP contribution in [0.5, 0.6) is 11.5 Å². The van der Waals surface area contributed by atoms with Crippen LogP contribution in [0.3, 0.4) is 0 Å². The minimum atomic E-state index is -0.294. The summed E-state index contributed by atoms with van der Waals surface area (Å²) >= 11 is 7.16. The van der Waals surface area contributed by atoms with E-state index in [0.29, 0.717) is 32.2 Å². The van der Waals surface area contributed by atoms with E-state index >= 15 is 0 Å². The van der Waals surface area contributed by atoms with E-state index in [2.05, 4.69) is 15.5 Å². The summed E-state index contributed by atoms with van der Waals surface area (Å²) in [5, 5.41) is 12.4. The van der Waals surface area contributed by atoms with Gasteiger partial charge in [-0.05, 0) is 36.4 Å². The molecule has 128 valence electrons. The lowest BCUT2D eigenvalue weighted by Gasteiger charge is -2.07. The zero-order chi connectivity index (χ0) is 17.8. The van der Waals surface area contributed by atoms with Crippen molar-refractivity contribution >= 4 is 34.0 Å². The molecule has 0 aliphatic heterocycles. The summed E-state index contributed by atoms with van der Waals surface area (Å²) in [5.74, 6) is 0.933. The second-order valence-corrected chi connectivity index (χ2v) is 6.36. The van der Waals surface area contributed by atoms with E-state index in [4.69, 9.17) is 21.1 Å². The normalized spacial score (nSPS) is 10.4. The Morgan fingerprint density at radius 2 is 1.88 bits per heavy atom. The van der Waals surface area contributed by atoms with Gasteiger partial charge in [-0.15, -0.1) is 10.2 Å². The molecule has 1 aromatic heterocycles. The van der Waals surface area contributed by atoms with Crippen molar-refractivity contribution in [3.05, 3.63) is 53.1 Å². The summed E-state index contributed by atoms with van der Waals surface area (Å²) in [6.45, 7) is 0. The van der Waals surface area contributed by atoms with Crippen molar-refractivity contribution in [2.45, 2.75) is 0 Å². The van der Waals surface area contributed by atoms with Gasteiger partial charge in [0.05, 0.1) is 14.2 Å². The van der Waals surface area contributed by atoms with Gasteiger partial charge in [0.2, 0.25) is 5.13 Å². The van der Waals surface area contributed by atoms with Gasteiger partial charge in [-0.3, -0.25) is 10.1 Å². The fraction of sp³-hybridized carbons (Fsp3) is 0.118. The minimum Gasteiger partial charge on any atom is -0.493 e. The molecule has 0 bridgehead atoms. The lowest BCUT2D eigenvalue weighted by Crippen LogP contribution is -2.11. The van der Waals surface area contributed by atoms with Gasteiger partial charge in [0, 0.05) is 16.1 Å². The van der Waals surface area contributed by atoms with Crippen molar-refractivity contribution in [1.82, 2.24) is 10.2 Å². The van der Waals surface area contributed by atoms with Gasteiger partial charge < -0.3 is 9.47 Å². The SMILES string of the molecule is COc1ccc(-c2nnc(NC(=O)c3cccc(Cl)c3)s2)cc1OC. The maximum Gasteiger partial charge on any atom is 0.257 e. The second-order valence-electron chi connectivity index (χ2n) is 4.95. The third-order valence-electron chi connectivity index (χ3n) is 3.36.